The summed E-state index contributed by atoms with van der Waals surface area (Å²) in [7, 11) is 0. The fraction of sp³-hybridized carbons (Fsp3) is 0.435. The first-order valence-corrected chi connectivity index (χ1v) is 9.80. The van der Waals surface area contributed by atoms with Crippen molar-refractivity contribution in [1.82, 2.24) is 0 Å². The zero-order valence-electron chi connectivity index (χ0n) is 16.0. The number of hydrogen-bond acceptors (Lipinski definition) is 3. The molecular weight excluding hydrogens is 324 g/mol. The molecule has 0 aliphatic heterocycles. The Bertz CT molecular complexity index is 679. The zero-order chi connectivity index (χ0) is 18.6. The first-order chi connectivity index (χ1) is 12.7. The van der Waals surface area contributed by atoms with Crippen LogP contribution in [-0.2, 0) is 12.8 Å². The van der Waals surface area contributed by atoms with Gasteiger partial charge in [-0.05, 0) is 48.9 Å². The summed E-state index contributed by atoms with van der Waals surface area (Å²) in [6, 6.07) is 15.4. The Labute approximate surface area is 157 Å². The molecule has 0 radical (unpaired) electrons. The monoisotopic (exact) mass is 354 g/mol. The smallest absolute Gasteiger partial charge is 0.394 e. The summed E-state index contributed by atoms with van der Waals surface area (Å²) in [4.78, 5) is 12.3. The summed E-state index contributed by atoms with van der Waals surface area (Å²) in [6.07, 6.45) is 8.05. The molecule has 2 aromatic rings. The molecule has 0 heterocycles. The molecule has 0 saturated carbocycles. The predicted octanol–water partition coefficient (Wildman–Crippen LogP) is 6.73. The Morgan fingerprint density at radius 1 is 0.692 bits per heavy atom. The molecule has 0 fully saturated rings. The normalized spacial score (nSPS) is 10.5. The summed E-state index contributed by atoms with van der Waals surface area (Å²) in [6.45, 7) is 4.35. The van der Waals surface area contributed by atoms with Gasteiger partial charge in [0.05, 0.1) is 0 Å². The van der Waals surface area contributed by atoms with Crippen LogP contribution < -0.4 is 9.47 Å². The first-order valence-electron chi connectivity index (χ1n) is 9.80. The number of carbonyl (C=O) groups excluding carboxylic acids is 1. The predicted molar refractivity (Wildman–Crippen MR) is 106 cm³/mol. The second-order valence-electron chi connectivity index (χ2n) is 6.58. The molecule has 2 rings (SSSR count). The fourth-order valence-corrected chi connectivity index (χ4v) is 2.93. The van der Waals surface area contributed by atoms with Gasteiger partial charge in [0.1, 0.15) is 11.5 Å². The van der Waals surface area contributed by atoms with Crippen molar-refractivity contribution in [2.24, 2.45) is 0 Å². The number of para-hydroxylation sites is 2. The minimum atomic E-state index is -0.671. The third kappa shape index (κ3) is 6.55. The molecular formula is C23H30O3. The number of aryl methyl sites for hydroxylation is 2. The van der Waals surface area contributed by atoms with Crippen LogP contribution >= 0.6 is 0 Å². The molecule has 0 N–H and O–H groups in total. The molecule has 140 valence electrons. The molecule has 0 aliphatic rings. The standard InChI is InChI=1S/C23H30O3/c1-3-5-7-8-14-20-16-10-12-18-22(20)26-23(24)25-21-17-11-9-15-19(21)13-6-4-2/h9-12,15-18H,3-8,13-14H2,1-2H3. The molecule has 0 saturated heterocycles. The fourth-order valence-electron chi connectivity index (χ4n) is 2.93. The van der Waals surface area contributed by atoms with Crippen LogP contribution in [-0.4, -0.2) is 6.16 Å². The van der Waals surface area contributed by atoms with Crippen molar-refractivity contribution in [3.63, 3.8) is 0 Å². The zero-order valence-corrected chi connectivity index (χ0v) is 16.0. The summed E-state index contributed by atoms with van der Waals surface area (Å²) in [5.41, 5.74) is 2.10. The summed E-state index contributed by atoms with van der Waals surface area (Å²) in [5, 5.41) is 0. The van der Waals surface area contributed by atoms with E-state index >= 15 is 0 Å². The van der Waals surface area contributed by atoms with E-state index in [1.54, 1.807) is 0 Å². The number of hydrogen-bond donors (Lipinski definition) is 0. The maximum Gasteiger partial charge on any atom is 0.519 e. The van der Waals surface area contributed by atoms with Gasteiger partial charge in [-0.3, -0.25) is 0 Å². The van der Waals surface area contributed by atoms with Gasteiger partial charge in [-0.15, -0.1) is 0 Å². The third-order valence-corrected chi connectivity index (χ3v) is 4.43. The van der Waals surface area contributed by atoms with Crippen molar-refractivity contribution < 1.29 is 14.3 Å². The van der Waals surface area contributed by atoms with Gasteiger partial charge in [-0.1, -0.05) is 75.9 Å². The molecule has 3 heteroatoms. The number of rotatable bonds is 10. The van der Waals surface area contributed by atoms with Crippen LogP contribution in [0, 0.1) is 0 Å². The molecule has 26 heavy (non-hydrogen) atoms. The van der Waals surface area contributed by atoms with Gasteiger partial charge in [-0.2, -0.15) is 0 Å². The van der Waals surface area contributed by atoms with Gasteiger partial charge in [0.25, 0.3) is 0 Å². The van der Waals surface area contributed by atoms with Gasteiger partial charge >= 0.3 is 6.16 Å². The summed E-state index contributed by atoms with van der Waals surface area (Å²) in [5.74, 6) is 1.19. The van der Waals surface area contributed by atoms with Crippen molar-refractivity contribution in [1.29, 1.82) is 0 Å². The average molecular weight is 354 g/mol. The van der Waals surface area contributed by atoms with Crippen molar-refractivity contribution in [3.05, 3.63) is 59.7 Å². The van der Waals surface area contributed by atoms with Crippen LogP contribution in [0.1, 0.15) is 63.5 Å². The maximum absolute atomic E-state index is 12.3. The number of carbonyl (C=O) groups is 1. The minimum Gasteiger partial charge on any atom is -0.394 e. The first kappa shape index (κ1) is 20.0. The highest BCUT2D eigenvalue weighted by Gasteiger charge is 2.13. The number of benzene rings is 2. The van der Waals surface area contributed by atoms with Crippen LogP contribution in [0.15, 0.2) is 48.5 Å². The lowest BCUT2D eigenvalue weighted by Crippen LogP contribution is -2.15. The van der Waals surface area contributed by atoms with Crippen molar-refractivity contribution in [2.75, 3.05) is 0 Å². The van der Waals surface area contributed by atoms with Crippen molar-refractivity contribution in [2.45, 2.75) is 65.2 Å². The van der Waals surface area contributed by atoms with Gasteiger partial charge in [0, 0.05) is 0 Å². The lowest BCUT2D eigenvalue weighted by molar-refractivity contribution is 0.151. The Morgan fingerprint density at radius 2 is 1.19 bits per heavy atom. The molecule has 3 nitrogen and oxygen atoms in total. The van der Waals surface area contributed by atoms with Gasteiger partial charge < -0.3 is 9.47 Å². The van der Waals surface area contributed by atoms with Crippen molar-refractivity contribution >= 4 is 6.16 Å². The van der Waals surface area contributed by atoms with E-state index in [0.717, 1.165) is 43.2 Å². The lowest BCUT2D eigenvalue weighted by atomic mass is 10.1. The SMILES string of the molecule is CCCCCCc1ccccc1OC(=O)Oc1ccccc1CCCC. The van der Waals surface area contributed by atoms with E-state index in [4.69, 9.17) is 9.47 Å². The molecule has 0 amide bonds. The second-order valence-corrected chi connectivity index (χ2v) is 6.58. The Kier molecular flexibility index (Phi) is 8.74. The van der Waals surface area contributed by atoms with Crippen LogP contribution in [0.2, 0.25) is 0 Å². The molecule has 2 aromatic carbocycles. The molecule has 0 aliphatic carbocycles. The number of unbranched alkanes of at least 4 members (excludes halogenated alkanes) is 4. The molecule has 0 atom stereocenters. The van der Waals surface area contributed by atoms with E-state index in [9.17, 15) is 4.79 Å². The van der Waals surface area contributed by atoms with Crippen LogP contribution in [0.25, 0.3) is 0 Å². The van der Waals surface area contributed by atoms with E-state index in [2.05, 4.69) is 13.8 Å². The van der Waals surface area contributed by atoms with E-state index in [1.165, 1.54) is 19.3 Å². The average Bonchev–Trinajstić information content (AvgIpc) is 2.66. The highest BCUT2D eigenvalue weighted by Crippen LogP contribution is 2.24. The molecule has 0 bridgehead atoms. The summed E-state index contributed by atoms with van der Waals surface area (Å²) >= 11 is 0. The Balaban J connectivity index is 1.98. The van der Waals surface area contributed by atoms with E-state index in [-0.39, 0.29) is 0 Å². The third-order valence-electron chi connectivity index (χ3n) is 4.43. The highest BCUT2D eigenvalue weighted by molar-refractivity contribution is 5.68. The van der Waals surface area contributed by atoms with E-state index in [1.807, 2.05) is 48.5 Å². The molecule has 0 spiro atoms. The Hall–Kier alpha value is -2.29. The minimum absolute atomic E-state index is 0.589. The van der Waals surface area contributed by atoms with E-state index in [0.29, 0.717) is 11.5 Å². The summed E-state index contributed by atoms with van der Waals surface area (Å²) < 4.78 is 11.0. The van der Waals surface area contributed by atoms with E-state index < -0.39 is 6.16 Å². The molecule has 0 aromatic heterocycles. The largest absolute Gasteiger partial charge is 0.519 e. The van der Waals surface area contributed by atoms with Crippen LogP contribution in [0.3, 0.4) is 0 Å². The molecule has 0 unspecified atom stereocenters. The van der Waals surface area contributed by atoms with Gasteiger partial charge in [0.15, 0.2) is 0 Å². The quantitative estimate of drug-likeness (QED) is 0.269. The highest BCUT2D eigenvalue weighted by atomic mass is 16.7. The topological polar surface area (TPSA) is 35.5 Å². The number of ether oxygens (including phenoxy) is 2. The van der Waals surface area contributed by atoms with Gasteiger partial charge in [-0.25, -0.2) is 4.79 Å². The van der Waals surface area contributed by atoms with Crippen LogP contribution in [0.5, 0.6) is 11.5 Å². The lowest BCUT2D eigenvalue weighted by Gasteiger charge is -2.12. The van der Waals surface area contributed by atoms with Crippen molar-refractivity contribution in [3.8, 4) is 11.5 Å². The Morgan fingerprint density at radius 3 is 1.73 bits per heavy atom. The van der Waals surface area contributed by atoms with Crippen LogP contribution in [0.4, 0.5) is 4.79 Å². The maximum atomic E-state index is 12.3. The van der Waals surface area contributed by atoms with Gasteiger partial charge in [0.2, 0.25) is 0 Å². The second kappa shape index (κ2) is 11.3.